The van der Waals surface area contributed by atoms with E-state index in [-0.39, 0.29) is 29.7 Å². The molecule has 0 spiro atoms. The number of primary amides is 1. The van der Waals surface area contributed by atoms with Gasteiger partial charge in [0.25, 0.3) is 5.91 Å². The molecule has 1 aromatic heterocycles. The first-order valence-electron chi connectivity index (χ1n) is 11.2. The Morgan fingerprint density at radius 3 is 2.33 bits per heavy atom. The smallest absolute Gasteiger partial charge is 0.271 e. The monoisotopic (exact) mass is 447 g/mol. The van der Waals surface area contributed by atoms with Crippen molar-refractivity contribution < 1.29 is 14.7 Å². The van der Waals surface area contributed by atoms with E-state index in [9.17, 15) is 14.7 Å². The molecule has 0 aliphatic heterocycles. The summed E-state index contributed by atoms with van der Waals surface area (Å²) < 4.78 is 1.73. The van der Waals surface area contributed by atoms with Gasteiger partial charge in [0, 0.05) is 29.6 Å². The number of rotatable bonds is 7. The van der Waals surface area contributed by atoms with Gasteiger partial charge in [-0.15, -0.1) is 0 Å². The second kappa shape index (κ2) is 9.36. The summed E-state index contributed by atoms with van der Waals surface area (Å²) in [6, 6.07) is 11.8. The Morgan fingerprint density at radius 1 is 1.03 bits per heavy atom. The molecule has 8 nitrogen and oxygen atoms in total. The van der Waals surface area contributed by atoms with E-state index in [4.69, 9.17) is 16.9 Å². The minimum Gasteiger partial charge on any atom is -0.505 e. The molecule has 1 fully saturated rings. The molecule has 2 aromatic carbocycles. The number of nitrogens with one attached hydrogen (secondary N) is 2. The van der Waals surface area contributed by atoms with Crippen LogP contribution in [0.15, 0.2) is 42.5 Å². The third-order valence-corrected chi connectivity index (χ3v) is 6.42. The van der Waals surface area contributed by atoms with Crippen molar-refractivity contribution in [3.05, 3.63) is 64.8 Å². The van der Waals surface area contributed by atoms with Gasteiger partial charge in [0.2, 0.25) is 5.91 Å². The summed E-state index contributed by atoms with van der Waals surface area (Å²) in [5.41, 5.74) is 13.5. The van der Waals surface area contributed by atoms with E-state index in [0.717, 1.165) is 18.4 Å². The molecule has 0 atom stereocenters. The van der Waals surface area contributed by atoms with Gasteiger partial charge in [-0.1, -0.05) is 37.5 Å². The lowest BCUT2D eigenvalue weighted by atomic mass is 9.89. The van der Waals surface area contributed by atoms with E-state index in [2.05, 4.69) is 5.32 Å². The molecule has 0 unspecified atom stereocenters. The average Bonchev–Trinajstić information content (AvgIpc) is 3.09. The number of amidine groups is 1. The highest BCUT2D eigenvalue weighted by Gasteiger charge is 2.24. The minimum atomic E-state index is -0.514. The van der Waals surface area contributed by atoms with Gasteiger partial charge in [0.15, 0.2) is 11.4 Å². The minimum absolute atomic E-state index is 0.0988. The first-order valence-corrected chi connectivity index (χ1v) is 11.2. The third kappa shape index (κ3) is 4.69. The summed E-state index contributed by atoms with van der Waals surface area (Å²) in [6.07, 6.45) is 5.81. The van der Waals surface area contributed by atoms with Crippen LogP contribution in [0, 0.1) is 11.3 Å². The number of hydrogen-bond acceptors (Lipinski definition) is 4. The number of hydrogen-bond donors (Lipinski definition) is 5. The highest BCUT2D eigenvalue weighted by atomic mass is 16.3. The van der Waals surface area contributed by atoms with Gasteiger partial charge < -0.3 is 26.5 Å². The number of nitrogen functional groups attached to an aromatic ring is 1. The summed E-state index contributed by atoms with van der Waals surface area (Å²) >= 11 is 0. The Balaban J connectivity index is 1.72. The van der Waals surface area contributed by atoms with Crippen LogP contribution in [0.1, 0.15) is 64.1 Å². The second-order valence-electron chi connectivity index (χ2n) is 8.70. The van der Waals surface area contributed by atoms with Crippen LogP contribution in [0.4, 0.5) is 0 Å². The summed E-state index contributed by atoms with van der Waals surface area (Å²) in [7, 11) is 0. The number of carbonyl (C=O) groups excluding carboxylic acids is 2. The molecule has 0 bridgehead atoms. The third-order valence-electron chi connectivity index (χ3n) is 6.42. The van der Waals surface area contributed by atoms with E-state index < -0.39 is 5.91 Å². The van der Waals surface area contributed by atoms with Crippen LogP contribution >= 0.6 is 0 Å². The van der Waals surface area contributed by atoms with E-state index in [1.54, 1.807) is 47.0 Å². The molecular weight excluding hydrogens is 418 g/mol. The fourth-order valence-corrected chi connectivity index (χ4v) is 4.56. The molecule has 1 saturated carbocycles. The predicted octanol–water partition coefficient (Wildman–Crippen LogP) is 3.09. The van der Waals surface area contributed by atoms with Crippen LogP contribution in [0.3, 0.4) is 0 Å². The van der Waals surface area contributed by atoms with Gasteiger partial charge in [-0.2, -0.15) is 0 Å². The molecule has 0 saturated heterocycles. The molecule has 3 aromatic rings. The van der Waals surface area contributed by atoms with Crippen LogP contribution < -0.4 is 16.8 Å². The number of aromatic nitrogens is 1. The SMILES string of the molecule is N=C(N)c1ccc2c(O)c(C(=O)NCC3CCCCC3)n(Cc3ccc(C(N)=O)cc3)c2c1. The molecular formula is C25H29N5O3. The Labute approximate surface area is 192 Å². The van der Waals surface area contributed by atoms with Crippen LogP contribution in [0.25, 0.3) is 10.9 Å². The Morgan fingerprint density at radius 2 is 1.70 bits per heavy atom. The summed E-state index contributed by atoms with van der Waals surface area (Å²) in [4.78, 5) is 24.6. The fourth-order valence-electron chi connectivity index (χ4n) is 4.56. The van der Waals surface area contributed by atoms with Crippen molar-refractivity contribution in [3.63, 3.8) is 0 Å². The first kappa shape index (κ1) is 22.4. The van der Waals surface area contributed by atoms with Gasteiger partial charge in [0.1, 0.15) is 5.84 Å². The molecule has 7 N–H and O–H groups in total. The zero-order chi connectivity index (χ0) is 23.5. The molecule has 8 heteroatoms. The zero-order valence-electron chi connectivity index (χ0n) is 18.4. The molecule has 4 rings (SSSR count). The normalized spacial score (nSPS) is 14.3. The maximum Gasteiger partial charge on any atom is 0.271 e. The highest BCUT2D eigenvalue weighted by Crippen LogP contribution is 2.34. The standard InChI is InChI=1S/C25H29N5O3/c26-23(27)18-10-11-19-20(12-18)30(14-16-6-8-17(9-7-16)24(28)32)21(22(19)31)25(33)29-13-15-4-2-1-3-5-15/h6-12,15,31H,1-5,13-14H2,(H3,26,27)(H2,28,32)(H,29,33). The van der Waals surface area contributed by atoms with E-state index in [0.29, 0.717) is 34.5 Å². The van der Waals surface area contributed by atoms with Crippen molar-refractivity contribution in [2.75, 3.05) is 6.54 Å². The lowest BCUT2D eigenvalue weighted by molar-refractivity contribution is 0.0931. The number of aromatic hydroxyl groups is 1. The van der Waals surface area contributed by atoms with Crippen LogP contribution in [-0.2, 0) is 6.54 Å². The van der Waals surface area contributed by atoms with Crippen molar-refractivity contribution in [2.24, 2.45) is 17.4 Å². The van der Waals surface area contributed by atoms with Gasteiger partial charge in [-0.25, -0.2) is 0 Å². The lowest BCUT2D eigenvalue weighted by Gasteiger charge is -2.22. The van der Waals surface area contributed by atoms with Gasteiger partial charge in [0.05, 0.1) is 5.52 Å². The number of nitrogens with zero attached hydrogens (tertiary/aromatic N) is 1. The van der Waals surface area contributed by atoms with Gasteiger partial charge in [-0.05, 0) is 48.6 Å². The number of amides is 2. The van der Waals surface area contributed by atoms with Crippen LogP contribution in [-0.4, -0.2) is 33.9 Å². The molecule has 0 radical (unpaired) electrons. The lowest BCUT2D eigenvalue weighted by Crippen LogP contribution is -2.31. The summed E-state index contributed by atoms with van der Waals surface area (Å²) in [5.74, 6) is -0.603. The number of carbonyl (C=O) groups is 2. The van der Waals surface area contributed by atoms with E-state index in [1.807, 2.05) is 0 Å². The first-order chi connectivity index (χ1) is 15.8. The maximum absolute atomic E-state index is 13.2. The van der Waals surface area contributed by atoms with Crippen molar-refractivity contribution in [3.8, 4) is 5.75 Å². The maximum atomic E-state index is 13.2. The number of fused-ring (bicyclic) bond motifs is 1. The van der Waals surface area contributed by atoms with Crippen LogP contribution in [0.2, 0.25) is 0 Å². The molecule has 33 heavy (non-hydrogen) atoms. The summed E-state index contributed by atoms with van der Waals surface area (Å²) in [5, 5.41) is 22.3. The van der Waals surface area contributed by atoms with E-state index in [1.165, 1.54) is 19.3 Å². The van der Waals surface area contributed by atoms with Gasteiger partial charge in [-0.3, -0.25) is 15.0 Å². The molecule has 1 aliphatic carbocycles. The summed E-state index contributed by atoms with van der Waals surface area (Å²) in [6.45, 7) is 0.857. The quantitative estimate of drug-likeness (QED) is 0.280. The Bertz CT molecular complexity index is 1210. The van der Waals surface area contributed by atoms with Crippen molar-refractivity contribution in [2.45, 2.75) is 38.6 Å². The highest BCUT2D eigenvalue weighted by molar-refractivity contribution is 6.06. The van der Waals surface area contributed by atoms with Gasteiger partial charge >= 0.3 is 0 Å². The Kier molecular flexibility index (Phi) is 6.35. The molecule has 172 valence electrons. The Hall–Kier alpha value is -3.81. The van der Waals surface area contributed by atoms with Crippen LogP contribution in [0.5, 0.6) is 5.75 Å². The van der Waals surface area contributed by atoms with Crippen molar-refractivity contribution in [1.29, 1.82) is 5.41 Å². The second-order valence-corrected chi connectivity index (χ2v) is 8.70. The molecule has 1 aliphatic rings. The topological polar surface area (TPSA) is 147 Å². The zero-order valence-corrected chi connectivity index (χ0v) is 18.4. The fraction of sp³-hybridized carbons (Fsp3) is 0.320. The number of benzene rings is 2. The molecule has 2 amide bonds. The average molecular weight is 448 g/mol. The van der Waals surface area contributed by atoms with Crippen molar-refractivity contribution in [1.82, 2.24) is 9.88 Å². The number of nitrogens with two attached hydrogens (primary N) is 2. The largest absolute Gasteiger partial charge is 0.505 e. The molecule has 1 heterocycles. The predicted molar refractivity (Wildman–Crippen MR) is 128 cm³/mol. The van der Waals surface area contributed by atoms with Crippen molar-refractivity contribution >= 4 is 28.6 Å². The van der Waals surface area contributed by atoms with E-state index >= 15 is 0 Å².